The summed E-state index contributed by atoms with van der Waals surface area (Å²) >= 11 is 2.25. The molecule has 0 fully saturated rings. The van der Waals surface area contributed by atoms with E-state index in [1.165, 1.54) is 12.1 Å². The Hall–Kier alpha value is -2.67. The molecule has 0 heterocycles. The molecule has 5 heteroatoms. The minimum Gasteiger partial charge on any atom is -0.206 e. The SMILES string of the molecule is Fc1cc(-c2ccc(-c3ccc(I)cc3)cc2)ccc1-c1cc(F)c(F)c(F)c1. The van der Waals surface area contributed by atoms with Gasteiger partial charge in [0.2, 0.25) is 0 Å². The predicted molar refractivity (Wildman–Crippen MR) is 115 cm³/mol. The van der Waals surface area contributed by atoms with Gasteiger partial charge >= 0.3 is 0 Å². The normalized spacial score (nSPS) is 10.9. The number of hydrogen-bond donors (Lipinski definition) is 0. The van der Waals surface area contributed by atoms with Crippen molar-refractivity contribution in [3.63, 3.8) is 0 Å². The summed E-state index contributed by atoms with van der Waals surface area (Å²) in [7, 11) is 0. The predicted octanol–water partition coefficient (Wildman–Crippen LogP) is 7.85. The van der Waals surface area contributed by atoms with Crippen LogP contribution in [0.3, 0.4) is 0 Å². The topological polar surface area (TPSA) is 0 Å². The first-order valence-electron chi connectivity index (χ1n) is 8.73. The van der Waals surface area contributed by atoms with Crippen molar-refractivity contribution in [1.29, 1.82) is 0 Å². The summed E-state index contributed by atoms with van der Waals surface area (Å²) in [6, 6.07) is 21.8. The van der Waals surface area contributed by atoms with Crippen LogP contribution in [0.4, 0.5) is 17.6 Å². The Bertz CT molecular complexity index is 1160. The maximum atomic E-state index is 14.6. The van der Waals surface area contributed by atoms with E-state index in [2.05, 4.69) is 22.6 Å². The summed E-state index contributed by atoms with van der Waals surface area (Å²) < 4.78 is 55.9. The molecule has 29 heavy (non-hydrogen) atoms. The second-order valence-corrected chi connectivity index (χ2v) is 7.78. The van der Waals surface area contributed by atoms with Crippen LogP contribution in [0.1, 0.15) is 0 Å². The zero-order chi connectivity index (χ0) is 20.5. The molecule has 0 spiro atoms. The van der Waals surface area contributed by atoms with E-state index < -0.39 is 23.3 Å². The number of halogens is 5. The fourth-order valence-electron chi connectivity index (χ4n) is 3.14. The lowest BCUT2D eigenvalue weighted by molar-refractivity contribution is 0.447. The zero-order valence-electron chi connectivity index (χ0n) is 14.9. The van der Waals surface area contributed by atoms with Crippen LogP contribution in [-0.4, -0.2) is 0 Å². The molecule has 0 saturated heterocycles. The molecule has 0 aliphatic heterocycles. The highest BCUT2D eigenvalue weighted by atomic mass is 127. The summed E-state index contributed by atoms with van der Waals surface area (Å²) in [5, 5.41) is 0. The lowest BCUT2D eigenvalue weighted by atomic mass is 9.97. The molecule has 4 rings (SSSR count). The maximum Gasteiger partial charge on any atom is 0.194 e. The van der Waals surface area contributed by atoms with Gasteiger partial charge in [-0.1, -0.05) is 48.5 Å². The van der Waals surface area contributed by atoms with Gasteiger partial charge in [-0.15, -0.1) is 0 Å². The second kappa shape index (κ2) is 7.99. The van der Waals surface area contributed by atoms with Crippen molar-refractivity contribution in [2.45, 2.75) is 0 Å². The Balaban J connectivity index is 1.65. The van der Waals surface area contributed by atoms with Gasteiger partial charge in [0.1, 0.15) is 5.82 Å². The molecule has 0 aromatic heterocycles. The van der Waals surface area contributed by atoms with Gasteiger partial charge in [-0.05, 0) is 80.7 Å². The standard InChI is InChI=1S/C24H13F4I/c25-21-11-17(7-10-20(21)18-12-22(26)24(28)23(27)13-18)16-3-1-14(2-4-16)15-5-8-19(29)9-6-15/h1-13H. The molecular weight excluding hydrogens is 491 g/mol. The van der Waals surface area contributed by atoms with E-state index in [4.69, 9.17) is 0 Å². The molecule has 144 valence electrons. The summed E-state index contributed by atoms with van der Waals surface area (Å²) in [5.41, 5.74) is 3.50. The van der Waals surface area contributed by atoms with Gasteiger partial charge in [0, 0.05) is 9.13 Å². The minimum atomic E-state index is -1.57. The molecule has 0 saturated carbocycles. The number of hydrogen-bond acceptors (Lipinski definition) is 0. The Morgan fingerprint density at radius 3 is 1.38 bits per heavy atom. The van der Waals surface area contributed by atoms with Gasteiger partial charge in [-0.2, -0.15) is 0 Å². The quantitative estimate of drug-likeness (QED) is 0.152. The summed E-state index contributed by atoms with van der Waals surface area (Å²) in [6.45, 7) is 0. The Kier molecular flexibility index (Phi) is 5.41. The molecule has 0 bridgehead atoms. The highest BCUT2D eigenvalue weighted by molar-refractivity contribution is 14.1. The fourth-order valence-corrected chi connectivity index (χ4v) is 3.50. The van der Waals surface area contributed by atoms with Crippen LogP contribution in [0.2, 0.25) is 0 Å². The third-order valence-electron chi connectivity index (χ3n) is 4.66. The van der Waals surface area contributed by atoms with Crippen LogP contribution in [0.25, 0.3) is 33.4 Å². The lowest BCUT2D eigenvalue weighted by Gasteiger charge is -2.09. The average Bonchev–Trinajstić information content (AvgIpc) is 2.72. The van der Waals surface area contributed by atoms with Gasteiger partial charge < -0.3 is 0 Å². The van der Waals surface area contributed by atoms with E-state index in [0.717, 1.165) is 32.4 Å². The van der Waals surface area contributed by atoms with E-state index in [1.807, 2.05) is 48.5 Å². The van der Waals surface area contributed by atoms with E-state index in [0.29, 0.717) is 5.56 Å². The first kappa shape index (κ1) is 19.6. The summed E-state index contributed by atoms with van der Waals surface area (Å²) in [4.78, 5) is 0. The van der Waals surface area contributed by atoms with Crippen LogP contribution in [-0.2, 0) is 0 Å². The van der Waals surface area contributed by atoms with Crippen molar-refractivity contribution in [3.05, 3.63) is 106 Å². The monoisotopic (exact) mass is 504 g/mol. The maximum absolute atomic E-state index is 14.6. The van der Waals surface area contributed by atoms with Crippen molar-refractivity contribution in [2.75, 3.05) is 0 Å². The second-order valence-electron chi connectivity index (χ2n) is 6.53. The number of benzene rings is 4. The van der Waals surface area contributed by atoms with Crippen molar-refractivity contribution >= 4 is 22.6 Å². The first-order chi connectivity index (χ1) is 13.9. The molecule has 0 aliphatic carbocycles. The van der Waals surface area contributed by atoms with Gasteiger partial charge in [-0.3, -0.25) is 0 Å². The molecule has 0 nitrogen and oxygen atoms in total. The van der Waals surface area contributed by atoms with Crippen molar-refractivity contribution in [1.82, 2.24) is 0 Å². The molecule has 4 aromatic rings. The average molecular weight is 504 g/mol. The van der Waals surface area contributed by atoms with E-state index in [1.54, 1.807) is 6.07 Å². The van der Waals surface area contributed by atoms with Gasteiger partial charge in [0.15, 0.2) is 17.5 Å². The molecule has 4 aromatic carbocycles. The van der Waals surface area contributed by atoms with Gasteiger partial charge in [0.05, 0.1) is 0 Å². The third-order valence-corrected chi connectivity index (χ3v) is 5.38. The molecule has 0 radical (unpaired) electrons. The minimum absolute atomic E-state index is 0.00191. The molecule has 0 unspecified atom stereocenters. The molecular formula is C24H13F4I. The lowest BCUT2D eigenvalue weighted by Crippen LogP contribution is -1.94. The fraction of sp³-hybridized carbons (Fsp3) is 0. The Morgan fingerprint density at radius 1 is 0.448 bits per heavy atom. The van der Waals surface area contributed by atoms with Gasteiger partial charge in [0.25, 0.3) is 0 Å². The Morgan fingerprint density at radius 2 is 0.862 bits per heavy atom. The highest BCUT2D eigenvalue weighted by Gasteiger charge is 2.14. The summed E-state index contributed by atoms with van der Waals surface area (Å²) in [6.07, 6.45) is 0. The van der Waals surface area contributed by atoms with Crippen LogP contribution >= 0.6 is 22.6 Å². The van der Waals surface area contributed by atoms with Crippen LogP contribution in [0, 0.1) is 26.8 Å². The molecule has 0 amide bonds. The zero-order valence-corrected chi connectivity index (χ0v) is 17.1. The largest absolute Gasteiger partial charge is 0.206 e. The van der Waals surface area contributed by atoms with Gasteiger partial charge in [-0.25, -0.2) is 17.6 Å². The van der Waals surface area contributed by atoms with Crippen molar-refractivity contribution in [2.24, 2.45) is 0 Å². The van der Waals surface area contributed by atoms with E-state index in [9.17, 15) is 17.6 Å². The van der Waals surface area contributed by atoms with Crippen LogP contribution in [0.5, 0.6) is 0 Å². The summed E-state index contributed by atoms with van der Waals surface area (Å²) in [5.74, 6) is -4.92. The van der Waals surface area contributed by atoms with E-state index >= 15 is 0 Å². The van der Waals surface area contributed by atoms with Crippen LogP contribution in [0.15, 0.2) is 78.9 Å². The Labute approximate surface area is 179 Å². The van der Waals surface area contributed by atoms with Crippen LogP contribution < -0.4 is 0 Å². The smallest absolute Gasteiger partial charge is 0.194 e. The van der Waals surface area contributed by atoms with E-state index in [-0.39, 0.29) is 11.1 Å². The molecule has 0 aliphatic rings. The molecule has 0 atom stereocenters. The highest BCUT2D eigenvalue weighted by Crippen LogP contribution is 2.31. The number of rotatable bonds is 3. The van der Waals surface area contributed by atoms with Crippen molar-refractivity contribution < 1.29 is 17.6 Å². The molecule has 0 N–H and O–H groups in total. The third kappa shape index (κ3) is 4.05. The van der Waals surface area contributed by atoms with Crippen molar-refractivity contribution in [3.8, 4) is 33.4 Å². The first-order valence-corrected chi connectivity index (χ1v) is 9.81.